The summed E-state index contributed by atoms with van der Waals surface area (Å²) in [7, 11) is 1.56. The van der Waals surface area contributed by atoms with Gasteiger partial charge in [0.2, 0.25) is 0 Å². The first-order valence-electron chi connectivity index (χ1n) is 7.97. The van der Waals surface area contributed by atoms with E-state index in [1.807, 2.05) is 0 Å². The van der Waals surface area contributed by atoms with Crippen LogP contribution in [0.4, 0.5) is 4.39 Å². The number of carbonyl (C=O) groups excluding carboxylic acids is 1. The summed E-state index contributed by atoms with van der Waals surface area (Å²) in [4.78, 5) is 14.5. The quantitative estimate of drug-likeness (QED) is 0.615. The van der Waals surface area contributed by atoms with E-state index >= 15 is 0 Å². The molecule has 0 aliphatic heterocycles. The van der Waals surface area contributed by atoms with Crippen LogP contribution in [0.25, 0.3) is 0 Å². The molecule has 0 aliphatic carbocycles. The summed E-state index contributed by atoms with van der Waals surface area (Å²) in [5.74, 6) is 0.531. The van der Waals surface area contributed by atoms with Gasteiger partial charge in [0, 0.05) is 16.1 Å². The molecule has 26 heavy (non-hydrogen) atoms. The molecule has 3 rings (SSSR count). The Bertz CT molecular complexity index is 858. The van der Waals surface area contributed by atoms with E-state index in [9.17, 15) is 9.18 Å². The molecule has 0 aliphatic rings. The zero-order valence-electron chi connectivity index (χ0n) is 14.1. The van der Waals surface area contributed by atoms with E-state index in [-0.39, 0.29) is 29.6 Å². The molecule has 0 N–H and O–H groups in total. The standard InChI is InChI=1S/C20H17ClFNO3/c1-25-15-9-7-14(8-10-15)20(24)23(12-16-4-3-11-26-16)13-17-18(21)5-2-6-19(17)22/h2-11H,12-13H2,1H3. The average molecular weight is 374 g/mol. The lowest BCUT2D eigenvalue weighted by atomic mass is 10.1. The molecule has 2 aromatic carbocycles. The van der Waals surface area contributed by atoms with E-state index in [0.717, 1.165) is 0 Å². The van der Waals surface area contributed by atoms with Crippen LogP contribution >= 0.6 is 11.6 Å². The summed E-state index contributed by atoms with van der Waals surface area (Å²) in [5.41, 5.74) is 0.729. The van der Waals surface area contributed by atoms with Crippen molar-refractivity contribution in [3.05, 3.63) is 88.6 Å². The number of ether oxygens (including phenoxy) is 1. The highest BCUT2D eigenvalue weighted by Crippen LogP contribution is 2.23. The van der Waals surface area contributed by atoms with Crippen LogP contribution in [-0.4, -0.2) is 17.9 Å². The molecular formula is C20H17ClFNO3. The molecule has 0 radical (unpaired) electrons. The van der Waals surface area contributed by atoms with Gasteiger partial charge in [-0.25, -0.2) is 4.39 Å². The Labute approximate surface area is 155 Å². The van der Waals surface area contributed by atoms with Crippen molar-refractivity contribution in [3.63, 3.8) is 0 Å². The summed E-state index contributed by atoms with van der Waals surface area (Å²) in [6.07, 6.45) is 1.53. The van der Waals surface area contributed by atoms with Crippen LogP contribution in [0.15, 0.2) is 65.3 Å². The van der Waals surface area contributed by atoms with Gasteiger partial charge in [0.1, 0.15) is 17.3 Å². The van der Waals surface area contributed by atoms with Gasteiger partial charge < -0.3 is 14.1 Å². The Morgan fingerprint density at radius 2 is 1.88 bits per heavy atom. The number of methoxy groups -OCH3 is 1. The van der Waals surface area contributed by atoms with Crippen molar-refractivity contribution < 1.29 is 18.3 Å². The van der Waals surface area contributed by atoms with Crippen molar-refractivity contribution in [2.24, 2.45) is 0 Å². The smallest absolute Gasteiger partial charge is 0.254 e. The Morgan fingerprint density at radius 1 is 1.12 bits per heavy atom. The Balaban J connectivity index is 1.90. The summed E-state index contributed by atoms with van der Waals surface area (Å²) < 4.78 is 24.7. The maximum absolute atomic E-state index is 14.2. The SMILES string of the molecule is COc1ccc(C(=O)N(Cc2ccco2)Cc2c(F)cccc2Cl)cc1. The predicted octanol–water partition coefficient (Wildman–Crippen LogP) is 4.92. The zero-order valence-corrected chi connectivity index (χ0v) is 14.9. The van der Waals surface area contributed by atoms with Crippen LogP contribution in [0.5, 0.6) is 5.75 Å². The normalized spacial score (nSPS) is 10.6. The number of amides is 1. The Hall–Kier alpha value is -2.79. The first-order chi connectivity index (χ1) is 12.6. The number of benzene rings is 2. The molecule has 0 saturated heterocycles. The first kappa shape index (κ1) is 18.0. The fraction of sp³-hybridized carbons (Fsp3) is 0.150. The lowest BCUT2D eigenvalue weighted by Gasteiger charge is -2.23. The van der Waals surface area contributed by atoms with Crippen molar-refractivity contribution in [2.45, 2.75) is 13.1 Å². The van der Waals surface area contributed by atoms with Gasteiger partial charge in [0.05, 0.1) is 26.5 Å². The number of hydrogen-bond donors (Lipinski definition) is 0. The third kappa shape index (κ3) is 4.06. The maximum atomic E-state index is 14.2. The molecule has 3 aromatic rings. The number of furan rings is 1. The minimum Gasteiger partial charge on any atom is -0.497 e. The monoisotopic (exact) mass is 373 g/mol. The predicted molar refractivity (Wildman–Crippen MR) is 96.7 cm³/mol. The summed E-state index contributed by atoms with van der Waals surface area (Å²) >= 11 is 6.13. The van der Waals surface area contributed by atoms with E-state index in [0.29, 0.717) is 17.1 Å². The number of rotatable bonds is 6. The highest BCUT2D eigenvalue weighted by atomic mass is 35.5. The van der Waals surface area contributed by atoms with Gasteiger partial charge in [-0.15, -0.1) is 0 Å². The molecule has 1 heterocycles. The second-order valence-corrected chi connectivity index (χ2v) is 6.08. The van der Waals surface area contributed by atoms with Gasteiger partial charge in [0.25, 0.3) is 5.91 Å². The van der Waals surface area contributed by atoms with E-state index in [1.54, 1.807) is 49.6 Å². The maximum Gasteiger partial charge on any atom is 0.254 e. The topological polar surface area (TPSA) is 42.7 Å². The van der Waals surface area contributed by atoms with Gasteiger partial charge >= 0.3 is 0 Å². The highest BCUT2D eigenvalue weighted by Gasteiger charge is 2.20. The van der Waals surface area contributed by atoms with Crippen molar-refractivity contribution in [1.29, 1.82) is 0 Å². The van der Waals surface area contributed by atoms with E-state index < -0.39 is 5.82 Å². The molecule has 0 spiro atoms. The largest absolute Gasteiger partial charge is 0.497 e. The van der Waals surface area contributed by atoms with Gasteiger partial charge in [-0.2, -0.15) is 0 Å². The summed E-state index contributed by atoms with van der Waals surface area (Å²) in [5, 5.41) is 0.275. The number of carbonyl (C=O) groups is 1. The third-order valence-electron chi connectivity index (χ3n) is 3.96. The summed E-state index contributed by atoms with van der Waals surface area (Å²) in [6, 6.07) is 14.7. The number of hydrogen-bond acceptors (Lipinski definition) is 3. The van der Waals surface area contributed by atoms with Gasteiger partial charge in [-0.05, 0) is 48.5 Å². The number of halogens is 2. The molecule has 134 valence electrons. The fourth-order valence-corrected chi connectivity index (χ4v) is 2.80. The van der Waals surface area contributed by atoms with Crippen molar-refractivity contribution >= 4 is 17.5 Å². The fourth-order valence-electron chi connectivity index (χ4n) is 2.58. The van der Waals surface area contributed by atoms with Crippen LogP contribution in [-0.2, 0) is 13.1 Å². The van der Waals surface area contributed by atoms with Crippen molar-refractivity contribution in [3.8, 4) is 5.75 Å². The summed E-state index contributed by atoms with van der Waals surface area (Å²) in [6.45, 7) is 0.222. The highest BCUT2D eigenvalue weighted by molar-refractivity contribution is 6.31. The minimum atomic E-state index is -0.454. The first-order valence-corrected chi connectivity index (χ1v) is 8.35. The Kier molecular flexibility index (Phi) is 5.58. The van der Waals surface area contributed by atoms with E-state index in [2.05, 4.69) is 0 Å². The van der Waals surface area contributed by atoms with Gasteiger partial charge in [-0.1, -0.05) is 17.7 Å². The average Bonchev–Trinajstić information content (AvgIpc) is 3.16. The second-order valence-electron chi connectivity index (χ2n) is 5.67. The van der Waals surface area contributed by atoms with Crippen LogP contribution < -0.4 is 4.74 Å². The lowest BCUT2D eigenvalue weighted by Crippen LogP contribution is -2.30. The van der Waals surface area contributed by atoms with E-state index in [4.69, 9.17) is 20.8 Å². The molecule has 6 heteroatoms. The molecule has 0 bridgehead atoms. The van der Waals surface area contributed by atoms with Crippen LogP contribution in [0.1, 0.15) is 21.7 Å². The molecular weight excluding hydrogens is 357 g/mol. The van der Waals surface area contributed by atoms with E-state index in [1.165, 1.54) is 23.3 Å². The molecule has 0 saturated carbocycles. The Morgan fingerprint density at radius 3 is 2.50 bits per heavy atom. The zero-order chi connectivity index (χ0) is 18.5. The second kappa shape index (κ2) is 8.06. The van der Waals surface area contributed by atoms with Crippen LogP contribution in [0, 0.1) is 5.82 Å². The van der Waals surface area contributed by atoms with Gasteiger partial charge in [0.15, 0.2) is 0 Å². The molecule has 0 unspecified atom stereocenters. The van der Waals surface area contributed by atoms with Crippen molar-refractivity contribution in [1.82, 2.24) is 4.90 Å². The molecule has 0 atom stereocenters. The molecule has 0 fully saturated rings. The van der Waals surface area contributed by atoms with Crippen LogP contribution in [0.3, 0.4) is 0 Å². The van der Waals surface area contributed by atoms with Crippen LogP contribution in [0.2, 0.25) is 5.02 Å². The molecule has 4 nitrogen and oxygen atoms in total. The number of nitrogens with zero attached hydrogens (tertiary/aromatic N) is 1. The van der Waals surface area contributed by atoms with Gasteiger partial charge in [-0.3, -0.25) is 4.79 Å². The molecule has 1 amide bonds. The third-order valence-corrected chi connectivity index (χ3v) is 4.32. The van der Waals surface area contributed by atoms with Crippen molar-refractivity contribution in [2.75, 3.05) is 7.11 Å². The lowest BCUT2D eigenvalue weighted by molar-refractivity contribution is 0.0716. The molecule has 1 aromatic heterocycles. The minimum absolute atomic E-state index is 0.0249.